The van der Waals surface area contributed by atoms with E-state index in [1.165, 1.54) is 7.11 Å². The van der Waals surface area contributed by atoms with E-state index in [-0.39, 0.29) is 11.9 Å². The fraction of sp³-hybridized carbons (Fsp3) is 0.115. The highest BCUT2D eigenvalue weighted by atomic mass is 16.5. The minimum atomic E-state index is -0.274. The average molecular weight is 441 g/mol. The molecule has 7 heteroatoms. The van der Waals surface area contributed by atoms with Crippen molar-refractivity contribution in [2.75, 3.05) is 19.5 Å². The molecule has 0 saturated heterocycles. The molecular formula is C26H23N3O4. The van der Waals surface area contributed by atoms with Gasteiger partial charge in [-0.3, -0.25) is 4.79 Å². The molecule has 0 unspecified atom stereocenters. The molecule has 0 aliphatic carbocycles. The molecule has 0 bridgehead atoms. The van der Waals surface area contributed by atoms with Gasteiger partial charge in [-0.25, -0.2) is 9.97 Å². The molecule has 1 aromatic heterocycles. The lowest BCUT2D eigenvalue weighted by Gasteiger charge is -2.12. The average Bonchev–Trinajstić information content (AvgIpc) is 2.85. The molecule has 1 N–H and O–H groups in total. The van der Waals surface area contributed by atoms with E-state index >= 15 is 0 Å². The summed E-state index contributed by atoms with van der Waals surface area (Å²) in [7, 11) is 3.10. The largest absolute Gasteiger partial charge is 0.497 e. The highest BCUT2D eigenvalue weighted by molar-refractivity contribution is 6.05. The van der Waals surface area contributed by atoms with Crippen LogP contribution in [0.4, 0.5) is 5.69 Å². The number of carbonyl (C=O) groups is 1. The summed E-state index contributed by atoms with van der Waals surface area (Å²) >= 11 is 0. The summed E-state index contributed by atoms with van der Waals surface area (Å²) in [5.41, 5.74) is 4.16. The Morgan fingerprint density at radius 3 is 2.21 bits per heavy atom. The summed E-state index contributed by atoms with van der Waals surface area (Å²) in [5, 5.41) is 2.84. The predicted molar refractivity (Wildman–Crippen MR) is 126 cm³/mol. The lowest BCUT2D eigenvalue weighted by Crippen LogP contribution is -2.12. The molecule has 0 spiro atoms. The number of nitrogens with zero attached hydrogens (tertiary/aromatic N) is 2. The standard InChI is InChI=1S/C26H23N3O4/c1-17-6-4-5-7-22(17)19-15-27-26(28-16-19)33-20-10-8-18(9-11-20)25(30)29-23-13-12-21(31-2)14-24(23)32-3/h4-16H,1-3H3,(H,29,30). The number of ether oxygens (including phenoxy) is 3. The fourth-order valence-electron chi connectivity index (χ4n) is 3.28. The van der Waals surface area contributed by atoms with Gasteiger partial charge in [0, 0.05) is 29.6 Å². The molecule has 0 radical (unpaired) electrons. The van der Waals surface area contributed by atoms with E-state index in [1.54, 1.807) is 62.0 Å². The summed E-state index contributed by atoms with van der Waals surface area (Å²) < 4.78 is 16.2. The van der Waals surface area contributed by atoms with E-state index in [0.29, 0.717) is 28.5 Å². The van der Waals surface area contributed by atoms with Gasteiger partial charge in [0.15, 0.2) is 0 Å². The second-order valence-corrected chi connectivity index (χ2v) is 7.22. The van der Waals surface area contributed by atoms with Crippen LogP contribution in [0.25, 0.3) is 11.1 Å². The second-order valence-electron chi connectivity index (χ2n) is 7.22. The van der Waals surface area contributed by atoms with Gasteiger partial charge in [0.2, 0.25) is 0 Å². The molecule has 0 saturated carbocycles. The number of anilines is 1. The van der Waals surface area contributed by atoms with Crippen molar-refractivity contribution in [3.63, 3.8) is 0 Å². The highest BCUT2D eigenvalue weighted by Gasteiger charge is 2.12. The van der Waals surface area contributed by atoms with E-state index in [4.69, 9.17) is 14.2 Å². The Kier molecular flexibility index (Phi) is 6.50. The molecule has 1 amide bonds. The first-order chi connectivity index (χ1) is 16.1. The Morgan fingerprint density at radius 1 is 0.848 bits per heavy atom. The quantitative estimate of drug-likeness (QED) is 0.407. The molecular weight excluding hydrogens is 418 g/mol. The molecule has 0 fully saturated rings. The summed E-state index contributed by atoms with van der Waals surface area (Å²) in [6.07, 6.45) is 3.46. The van der Waals surface area contributed by atoms with Crippen LogP contribution >= 0.6 is 0 Å². The van der Waals surface area contributed by atoms with E-state index in [2.05, 4.69) is 15.3 Å². The Hall–Kier alpha value is -4.39. The van der Waals surface area contributed by atoms with Gasteiger partial charge in [-0.2, -0.15) is 0 Å². The zero-order chi connectivity index (χ0) is 23.2. The molecule has 0 aliphatic rings. The van der Waals surface area contributed by atoms with Crippen molar-refractivity contribution < 1.29 is 19.0 Å². The normalized spacial score (nSPS) is 10.4. The van der Waals surface area contributed by atoms with Crippen molar-refractivity contribution in [3.8, 4) is 34.4 Å². The molecule has 33 heavy (non-hydrogen) atoms. The van der Waals surface area contributed by atoms with E-state index in [1.807, 2.05) is 31.2 Å². The van der Waals surface area contributed by atoms with Crippen LogP contribution in [0.2, 0.25) is 0 Å². The number of hydrogen-bond donors (Lipinski definition) is 1. The topological polar surface area (TPSA) is 82.6 Å². The van der Waals surface area contributed by atoms with Crippen LogP contribution in [-0.2, 0) is 0 Å². The number of benzene rings is 3. The zero-order valence-corrected chi connectivity index (χ0v) is 18.5. The van der Waals surface area contributed by atoms with Crippen molar-refractivity contribution in [3.05, 3.63) is 90.3 Å². The van der Waals surface area contributed by atoms with E-state index < -0.39 is 0 Å². The lowest BCUT2D eigenvalue weighted by molar-refractivity contribution is 0.102. The maximum absolute atomic E-state index is 12.6. The van der Waals surface area contributed by atoms with Crippen LogP contribution in [0.15, 0.2) is 79.1 Å². The number of carbonyl (C=O) groups excluding carboxylic acids is 1. The van der Waals surface area contributed by atoms with Gasteiger partial charge in [0.25, 0.3) is 5.91 Å². The molecule has 3 aromatic carbocycles. The molecule has 4 aromatic rings. The van der Waals surface area contributed by atoms with Gasteiger partial charge < -0.3 is 19.5 Å². The maximum Gasteiger partial charge on any atom is 0.321 e. The third-order valence-corrected chi connectivity index (χ3v) is 5.07. The summed E-state index contributed by atoms with van der Waals surface area (Å²) in [5.74, 6) is 1.40. The zero-order valence-electron chi connectivity index (χ0n) is 18.5. The van der Waals surface area contributed by atoms with E-state index in [9.17, 15) is 4.79 Å². The third-order valence-electron chi connectivity index (χ3n) is 5.07. The van der Waals surface area contributed by atoms with Crippen molar-refractivity contribution in [2.24, 2.45) is 0 Å². The van der Waals surface area contributed by atoms with Gasteiger partial charge in [-0.05, 0) is 54.4 Å². The lowest BCUT2D eigenvalue weighted by atomic mass is 10.0. The molecule has 1 heterocycles. The summed E-state index contributed by atoms with van der Waals surface area (Å²) in [6, 6.07) is 20.2. The van der Waals surface area contributed by atoms with Crippen LogP contribution in [0.3, 0.4) is 0 Å². The Bertz CT molecular complexity index is 1260. The minimum absolute atomic E-state index is 0.229. The molecule has 166 valence electrons. The number of aromatic nitrogens is 2. The van der Waals surface area contributed by atoms with Gasteiger partial charge in [-0.1, -0.05) is 24.3 Å². The number of rotatable bonds is 7. The number of methoxy groups -OCH3 is 2. The number of aryl methyl sites for hydroxylation is 1. The number of amides is 1. The third kappa shape index (κ3) is 5.10. The second kappa shape index (κ2) is 9.82. The van der Waals surface area contributed by atoms with Crippen LogP contribution in [0, 0.1) is 6.92 Å². The van der Waals surface area contributed by atoms with Crippen molar-refractivity contribution in [2.45, 2.75) is 6.92 Å². The predicted octanol–water partition coefficient (Wildman–Crippen LogP) is 5.51. The SMILES string of the molecule is COc1ccc(NC(=O)c2ccc(Oc3ncc(-c4ccccc4C)cn3)cc2)c(OC)c1. The molecule has 0 aliphatic heterocycles. The van der Waals surface area contributed by atoms with Crippen LogP contribution in [0.1, 0.15) is 15.9 Å². The first kappa shape index (κ1) is 21.8. The van der Waals surface area contributed by atoms with Gasteiger partial charge in [0.1, 0.15) is 17.2 Å². The Labute approximate surface area is 192 Å². The summed E-state index contributed by atoms with van der Waals surface area (Å²) in [4.78, 5) is 21.2. The van der Waals surface area contributed by atoms with Crippen molar-refractivity contribution >= 4 is 11.6 Å². The van der Waals surface area contributed by atoms with Gasteiger partial charge in [0.05, 0.1) is 19.9 Å². The monoisotopic (exact) mass is 441 g/mol. The Balaban J connectivity index is 1.42. The fourth-order valence-corrected chi connectivity index (χ4v) is 3.28. The first-order valence-corrected chi connectivity index (χ1v) is 10.3. The summed E-state index contributed by atoms with van der Waals surface area (Å²) in [6.45, 7) is 2.04. The van der Waals surface area contributed by atoms with Gasteiger partial charge in [-0.15, -0.1) is 0 Å². The Morgan fingerprint density at radius 2 is 1.55 bits per heavy atom. The van der Waals surface area contributed by atoms with Crippen molar-refractivity contribution in [1.29, 1.82) is 0 Å². The number of hydrogen-bond acceptors (Lipinski definition) is 6. The number of nitrogens with one attached hydrogen (secondary N) is 1. The molecule has 0 atom stereocenters. The highest BCUT2D eigenvalue weighted by Crippen LogP contribution is 2.30. The van der Waals surface area contributed by atoms with Crippen LogP contribution < -0.4 is 19.5 Å². The first-order valence-electron chi connectivity index (χ1n) is 10.3. The smallest absolute Gasteiger partial charge is 0.321 e. The molecule has 4 rings (SSSR count). The van der Waals surface area contributed by atoms with Gasteiger partial charge >= 0.3 is 6.01 Å². The molecule has 7 nitrogen and oxygen atoms in total. The maximum atomic E-state index is 12.6. The van der Waals surface area contributed by atoms with Crippen LogP contribution in [-0.4, -0.2) is 30.1 Å². The van der Waals surface area contributed by atoms with E-state index in [0.717, 1.165) is 16.7 Å². The minimum Gasteiger partial charge on any atom is -0.497 e. The van der Waals surface area contributed by atoms with Crippen molar-refractivity contribution in [1.82, 2.24) is 9.97 Å². The van der Waals surface area contributed by atoms with Crippen LogP contribution in [0.5, 0.6) is 23.3 Å².